The first kappa shape index (κ1) is 13.1. The van der Waals surface area contributed by atoms with E-state index in [4.69, 9.17) is 10.00 Å². The van der Waals surface area contributed by atoms with Crippen molar-refractivity contribution in [3.05, 3.63) is 59.4 Å². The van der Waals surface area contributed by atoms with E-state index < -0.39 is 5.82 Å². The topological polar surface area (TPSA) is 45.0 Å². The predicted molar refractivity (Wildman–Crippen MR) is 70.4 cm³/mol. The number of nitrogens with one attached hydrogen (secondary N) is 1. The first-order valence-electron chi connectivity index (χ1n) is 5.84. The molecule has 0 heterocycles. The number of nitriles is 1. The molecule has 0 aromatic heterocycles. The molecule has 0 saturated carbocycles. The zero-order valence-electron chi connectivity index (χ0n) is 10.5. The molecule has 0 saturated heterocycles. The molecule has 0 aliphatic carbocycles. The van der Waals surface area contributed by atoms with Crippen LogP contribution in [0.1, 0.15) is 11.1 Å². The van der Waals surface area contributed by atoms with Crippen molar-refractivity contribution in [1.82, 2.24) is 5.32 Å². The van der Waals surface area contributed by atoms with Crippen LogP contribution < -0.4 is 10.1 Å². The molecule has 0 unspecified atom stereocenters. The average molecular weight is 256 g/mol. The van der Waals surface area contributed by atoms with Gasteiger partial charge in [-0.3, -0.25) is 0 Å². The summed E-state index contributed by atoms with van der Waals surface area (Å²) in [4.78, 5) is 0. The van der Waals surface area contributed by atoms with Gasteiger partial charge in [0, 0.05) is 6.54 Å². The second kappa shape index (κ2) is 5.98. The minimum absolute atomic E-state index is 0.180. The lowest BCUT2D eigenvalue weighted by Gasteiger charge is -2.09. The SMILES string of the molecule is CNCc1cccc(Oc2ccc(F)cc2C#N)c1. The molecule has 0 radical (unpaired) electrons. The summed E-state index contributed by atoms with van der Waals surface area (Å²) in [5.41, 5.74) is 1.25. The van der Waals surface area contributed by atoms with Crippen molar-refractivity contribution in [2.24, 2.45) is 0 Å². The summed E-state index contributed by atoms with van der Waals surface area (Å²) in [6.45, 7) is 0.728. The van der Waals surface area contributed by atoms with Crippen LogP contribution in [0.5, 0.6) is 11.5 Å². The third-order valence-electron chi connectivity index (χ3n) is 2.57. The average Bonchev–Trinajstić information content (AvgIpc) is 2.41. The molecular weight excluding hydrogens is 243 g/mol. The lowest BCUT2D eigenvalue weighted by Crippen LogP contribution is -2.04. The minimum atomic E-state index is -0.451. The summed E-state index contributed by atoms with van der Waals surface area (Å²) >= 11 is 0. The van der Waals surface area contributed by atoms with Crippen LogP contribution in [-0.2, 0) is 6.54 Å². The summed E-state index contributed by atoms with van der Waals surface area (Å²) in [5, 5.41) is 12.0. The smallest absolute Gasteiger partial charge is 0.145 e. The van der Waals surface area contributed by atoms with Gasteiger partial charge in [0.05, 0.1) is 5.56 Å². The summed E-state index contributed by atoms with van der Waals surface area (Å²) in [5.74, 6) is 0.522. The van der Waals surface area contributed by atoms with Crippen molar-refractivity contribution >= 4 is 0 Å². The second-order valence-electron chi connectivity index (χ2n) is 4.03. The van der Waals surface area contributed by atoms with Crippen LogP contribution >= 0.6 is 0 Å². The van der Waals surface area contributed by atoms with E-state index in [2.05, 4.69) is 5.32 Å². The van der Waals surface area contributed by atoms with Crippen molar-refractivity contribution in [3.8, 4) is 17.6 Å². The first-order valence-corrected chi connectivity index (χ1v) is 5.84. The molecule has 0 atom stereocenters. The molecule has 0 bridgehead atoms. The molecule has 0 aliphatic heterocycles. The van der Waals surface area contributed by atoms with Crippen molar-refractivity contribution in [2.45, 2.75) is 6.54 Å². The molecular formula is C15H13FN2O. The van der Waals surface area contributed by atoms with Crippen molar-refractivity contribution in [3.63, 3.8) is 0 Å². The Morgan fingerprint density at radius 3 is 2.84 bits per heavy atom. The summed E-state index contributed by atoms with van der Waals surface area (Å²) in [6, 6.07) is 13.3. The Morgan fingerprint density at radius 2 is 2.11 bits per heavy atom. The third-order valence-corrected chi connectivity index (χ3v) is 2.57. The molecule has 0 spiro atoms. The van der Waals surface area contributed by atoms with Gasteiger partial charge >= 0.3 is 0 Å². The maximum absolute atomic E-state index is 13.0. The lowest BCUT2D eigenvalue weighted by molar-refractivity contribution is 0.478. The zero-order valence-corrected chi connectivity index (χ0v) is 10.5. The van der Waals surface area contributed by atoms with E-state index in [1.54, 1.807) is 6.07 Å². The summed E-state index contributed by atoms with van der Waals surface area (Å²) < 4.78 is 18.6. The van der Waals surface area contributed by atoms with Gasteiger partial charge < -0.3 is 10.1 Å². The van der Waals surface area contributed by atoms with E-state index in [0.29, 0.717) is 11.5 Å². The Morgan fingerprint density at radius 1 is 1.26 bits per heavy atom. The fourth-order valence-electron chi connectivity index (χ4n) is 1.73. The van der Waals surface area contributed by atoms with Gasteiger partial charge in [-0.05, 0) is 42.9 Å². The van der Waals surface area contributed by atoms with E-state index in [9.17, 15) is 4.39 Å². The Hall–Kier alpha value is -2.38. The Bertz CT molecular complexity index is 620. The highest BCUT2D eigenvalue weighted by Gasteiger charge is 2.06. The molecule has 2 aromatic carbocycles. The molecule has 1 N–H and O–H groups in total. The minimum Gasteiger partial charge on any atom is -0.456 e. The summed E-state index contributed by atoms with van der Waals surface area (Å²) in [6.07, 6.45) is 0. The number of ether oxygens (including phenoxy) is 1. The molecule has 0 amide bonds. The second-order valence-corrected chi connectivity index (χ2v) is 4.03. The van der Waals surface area contributed by atoms with Crippen molar-refractivity contribution < 1.29 is 9.13 Å². The Balaban J connectivity index is 2.26. The predicted octanol–water partition coefficient (Wildman–Crippen LogP) is 3.21. The van der Waals surface area contributed by atoms with E-state index in [1.165, 1.54) is 12.1 Å². The van der Waals surface area contributed by atoms with Crippen LogP contribution in [0.25, 0.3) is 0 Å². The number of nitrogens with zero attached hydrogens (tertiary/aromatic N) is 1. The van der Waals surface area contributed by atoms with Gasteiger partial charge in [0.25, 0.3) is 0 Å². The highest BCUT2D eigenvalue weighted by Crippen LogP contribution is 2.26. The fourth-order valence-corrected chi connectivity index (χ4v) is 1.73. The number of hydrogen-bond acceptors (Lipinski definition) is 3. The van der Waals surface area contributed by atoms with Crippen LogP contribution in [0.4, 0.5) is 4.39 Å². The molecule has 96 valence electrons. The standard InChI is InChI=1S/C15H13FN2O/c1-18-10-11-3-2-4-14(7-11)19-15-6-5-13(16)8-12(15)9-17/h2-8,18H,10H2,1H3. The monoisotopic (exact) mass is 256 g/mol. The molecule has 0 fully saturated rings. The molecule has 2 rings (SSSR count). The number of rotatable bonds is 4. The fraction of sp³-hybridized carbons (Fsp3) is 0.133. The van der Waals surface area contributed by atoms with Gasteiger partial charge in [-0.1, -0.05) is 12.1 Å². The van der Waals surface area contributed by atoms with Gasteiger partial charge in [-0.15, -0.1) is 0 Å². The highest BCUT2D eigenvalue weighted by atomic mass is 19.1. The van der Waals surface area contributed by atoms with Crippen molar-refractivity contribution in [2.75, 3.05) is 7.05 Å². The maximum atomic E-state index is 13.0. The Kier molecular flexibility index (Phi) is 4.11. The van der Waals surface area contributed by atoms with Crippen molar-refractivity contribution in [1.29, 1.82) is 5.26 Å². The van der Waals surface area contributed by atoms with Gasteiger partial charge in [0.15, 0.2) is 0 Å². The zero-order chi connectivity index (χ0) is 13.7. The number of halogens is 1. The Labute approximate surface area is 111 Å². The summed E-state index contributed by atoms with van der Waals surface area (Å²) in [7, 11) is 1.86. The van der Waals surface area contributed by atoms with Gasteiger partial charge in [0.1, 0.15) is 23.4 Å². The first-order chi connectivity index (χ1) is 9.22. The van der Waals surface area contributed by atoms with Crippen LogP contribution in [0.2, 0.25) is 0 Å². The molecule has 2 aromatic rings. The normalized spacial score (nSPS) is 9.95. The molecule has 3 nitrogen and oxygen atoms in total. The van der Waals surface area contributed by atoms with Gasteiger partial charge in [-0.25, -0.2) is 4.39 Å². The molecule has 0 aliphatic rings. The molecule has 19 heavy (non-hydrogen) atoms. The largest absolute Gasteiger partial charge is 0.456 e. The van der Waals surface area contributed by atoms with Crippen LogP contribution in [0, 0.1) is 17.1 Å². The lowest BCUT2D eigenvalue weighted by atomic mass is 10.2. The molecule has 4 heteroatoms. The van der Waals surface area contributed by atoms with Gasteiger partial charge in [0.2, 0.25) is 0 Å². The van der Waals surface area contributed by atoms with E-state index >= 15 is 0 Å². The van der Waals surface area contributed by atoms with Crippen LogP contribution in [0.15, 0.2) is 42.5 Å². The number of benzene rings is 2. The van der Waals surface area contributed by atoms with Gasteiger partial charge in [-0.2, -0.15) is 5.26 Å². The van der Waals surface area contributed by atoms with E-state index in [0.717, 1.165) is 18.2 Å². The highest BCUT2D eigenvalue weighted by molar-refractivity contribution is 5.45. The van der Waals surface area contributed by atoms with E-state index in [-0.39, 0.29) is 5.56 Å². The van der Waals surface area contributed by atoms with Crippen LogP contribution in [-0.4, -0.2) is 7.05 Å². The van der Waals surface area contributed by atoms with Crippen LogP contribution in [0.3, 0.4) is 0 Å². The van der Waals surface area contributed by atoms with E-state index in [1.807, 2.05) is 31.3 Å². The quantitative estimate of drug-likeness (QED) is 0.913. The third kappa shape index (κ3) is 3.30. The number of hydrogen-bond donors (Lipinski definition) is 1. The maximum Gasteiger partial charge on any atom is 0.145 e.